The molecular formula is C10H11F3O2. The maximum absolute atomic E-state index is 12.0. The van der Waals surface area contributed by atoms with Gasteiger partial charge in [-0.2, -0.15) is 13.2 Å². The predicted molar refractivity (Wildman–Crippen MR) is 45.9 cm³/mol. The van der Waals surface area contributed by atoms with Crippen LogP contribution in [0.3, 0.4) is 0 Å². The van der Waals surface area contributed by atoms with E-state index in [0.29, 0.717) is 6.42 Å². The Labute approximate surface area is 85.1 Å². The van der Waals surface area contributed by atoms with Crippen molar-refractivity contribution < 1.29 is 22.7 Å². The minimum absolute atomic E-state index is 0.0613. The molecule has 3 atom stereocenters. The van der Waals surface area contributed by atoms with Gasteiger partial charge >= 0.3 is 12.1 Å². The van der Waals surface area contributed by atoms with Crippen LogP contribution in [0.2, 0.25) is 0 Å². The molecule has 0 saturated heterocycles. The second-order valence-electron chi connectivity index (χ2n) is 4.39. The summed E-state index contributed by atoms with van der Waals surface area (Å²) < 4.78 is 40.6. The molecule has 84 valence electrons. The smallest absolute Gasteiger partial charge is 0.452 e. The molecule has 5 heteroatoms. The van der Waals surface area contributed by atoms with E-state index in [1.165, 1.54) is 0 Å². The van der Waals surface area contributed by atoms with Crippen LogP contribution in [0.15, 0.2) is 12.2 Å². The van der Waals surface area contributed by atoms with Gasteiger partial charge in [0, 0.05) is 5.92 Å². The standard InChI is InChI=1S/C10H11F3O2/c1-9(15-8(14)10(11,12)13)5-6-2-3-7(9)4-6/h2-3,6-7H,4-5H2,1H3/t6-,7+,9+/m0/s1. The van der Waals surface area contributed by atoms with Crippen LogP contribution in [0.4, 0.5) is 13.2 Å². The normalized spacial score (nSPS) is 38.4. The molecule has 0 N–H and O–H groups in total. The highest BCUT2D eigenvalue weighted by Crippen LogP contribution is 2.48. The Morgan fingerprint density at radius 2 is 2.13 bits per heavy atom. The Morgan fingerprint density at radius 1 is 1.47 bits per heavy atom. The van der Waals surface area contributed by atoms with E-state index < -0.39 is 17.7 Å². The lowest BCUT2D eigenvalue weighted by molar-refractivity contribution is -0.214. The van der Waals surface area contributed by atoms with Gasteiger partial charge in [0.2, 0.25) is 0 Å². The van der Waals surface area contributed by atoms with Gasteiger partial charge in [0.15, 0.2) is 0 Å². The lowest BCUT2D eigenvalue weighted by Crippen LogP contribution is -2.40. The number of hydrogen-bond donors (Lipinski definition) is 0. The molecule has 2 aliphatic carbocycles. The summed E-state index contributed by atoms with van der Waals surface area (Å²) in [6.07, 6.45) is 0.220. The molecule has 0 unspecified atom stereocenters. The van der Waals surface area contributed by atoms with Crippen LogP contribution in [0, 0.1) is 11.8 Å². The lowest BCUT2D eigenvalue weighted by Gasteiger charge is -2.31. The molecule has 0 aromatic heterocycles. The van der Waals surface area contributed by atoms with Gasteiger partial charge in [0.05, 0.1) is 0 Å². The molecule has 2 rings (SSSR count). The zero-order valence-corrected chi connectivity index (χ0v) is 8.17. The number of hydrogen-bond acceptors (Lipinski definition) is 2. The molecule has 0 aliphatic heterocycles. The molecule has 0 aromatic carbocycles. The Kier molecular flexibility index (Phi) is 2.10. The summed E-state index contributed by atoms with van der Waals surface area (Å²) in [5.74, 6) is -1.87. The van der Waals surface area contributed by atoms with Crippen molar-refractivity contribution in [2.45, 2.75) is 31.5 Å². The Morgan fingerprint density at radius 3 is 2.53 bits per heavy atom. The van der Waals surface area contributed by atoms with Crippen molar-refractivity contribution in [1.29, 1.82) is 0 Å². The molecule has 0 heterocycles. The highest BCUT2D eigenvalue weighted by atomic mass is 19.4. The average molecular weight is 220 g/mol. The SMILES string of the molecule is C[C@@]1(OC(=O)C(F)(F)F)C[C@H]2C=C[C@@H]1C2. The van der Waals surface area contributed by atoms with Gasteiger partial charge in [-0.1, -0.05) is 12.2 Å². The van der Waals surface area contributed by atoms with Crippen LogP contribution < -0.4 is 0 Å². The van der Waals surface area contributed by atoms with E-state index in [4.69, 9.17) is 0 Å². The number of ether oxygens (including phenoxy) is 1. The number of fused-ring (bicyclic) bond motifs is 2. The molecule has 2 bridgehead atoms. The van der Waals surface area contributed by atoms with Crippen molar-refractivity contribution in [3.05, 3.63) is 12.2 Å². The Bertz CT molecular complexity index is 321. The zero-order valence-electron chi connectivity index (χ0n) is 8.17. The number of halogens is 3. The van der Waals surface area contributed by atoms with E-state index in [1.807, 2.05) is 12.2 Å². The fraction of sp³-hybridized carbons (Fsp3) is 0.700. The second-order valence-corrected chi connectivity index (χ2v) is 4.39. The van der Waals surface area contributed by atoms with E-state index in [0.717, 1.165) is 6.42 Å². The van der Waals surface area contributed by atoms with Gasteiger partial charge in [-0.3, -0.25) is 0 Å². The first kappa shape index (κ1) is 10.5. The van der Waals surface area contributed by atoms with Crippen molar-refractivity contribution in [1.82, 2.24) is 0 Å². The molecule has 0 spiro atoms. The Balaban J connectivity index is 2.07. The summed E-state index contributed by atoms with van der Waals surface area (Å²) >= 11 is 0. The first-order valence-electron chi connectivity index (χ1n) is 4.80. The number of alkyl halides is 3. The average Bonchev–Trinajstić information content (AvgIpc) is 2.60. The molecule has 0 amide bonds. The van der Waals surface area contributed by atoms with E-state index in [2.05, 4.69) is 4.74 Å². The highest BCUT2D eigenvalue weighted by Gasteiger charge is 2.52. The van der Waals surface area contributed by atoms with Crippen LogP contribution >= 0.6 is 0 Å². The number of esters is 1. The molecule has 1 fully saturated rings. The summed E-state index contributed by atoms with van der Waals surface area (Å²) in [5, 5.41) is 0. The van der Waals surface area contributed by atoms with Crippen LogP contribution in [0.1, 0.15) is 19.8 Å². The van der Waals surface area contributed by atoms with Gasteiger partial charge in [-0.25, -0.2) is 4.79 Å². The first-order chi connectivity index (χ1) is 6.81. The van der Waals surface area contributed by atoms with Gasteiger partial charge in [-0.05, 0) is 25.7 Å². The summed E-state index contributed by atoms with van der Waals surface area (Å²) in [5.41, 5.74) is -0.966. The third-order valence-corrected chi connectivity index (χ3v) is 3.18. The van der Waals surface area contributed by atoms with Crippen LogP contribution in [-0.2, 0) is 9.53 Å². The second kappa shape index (κ2) is 3.00. The van der Waals surface area contributed by atoms with Gasteiger partial charge < -0.3 is 4.74 Å². The number of allylic oxidation sites excluding steroid dienone is 1. The summed E-state index contributed by atoms with van der Waals surface area (Å²) in [7, 11) is 0. The minimum Gasteiger partial charge on any atom is -0.452 e. The van der Waals surface area contributed by atoms with Crippen molar-refractivity contribution in [2.75, 3.05) is 0 Å². The van der Waals surface area contributed by atoms with Gasteiger partial charge in [0.25, 0.3) is 0 Å². The first-order valence-corrected chi connectivity index (χ1v) is 4.80. The fourth-order valence-electron chi connectivity index (χ4n) is 2.44. The third-order valence-electron chi connectivity index (χ3n) is 3.18. The predicted octanol–water partition coefficient (Wildman–Crippen LogP) is 2.45. The molecule has 2 nitrogen and oxygen atoms in total. The maximum Gasteiger partial charge on any atom is 0.490 e. The number of rotatable bonds is 1. The van der Waals surface area contributed by atoms with E-state index in [-0.39, 0.29) is 11.8 Å². The molecule has 2 aliphatic rings. The van der Waals surface area contributed by atoms with Gasteiger partial charge in [0.1, 0.15) is 5.60 Å². The van der Waals surface area contributed by atoms with Crippen molar-refractivity contribution >= 4 is 5.97 Å². The summed E-state index contributed by atoms with van der Waals surface area (Å²) in [6.45, 7) is 1.57. The fourth-order valence-corrected chi connectivity index (χ4v) is 2.44. The molecular weight excluding hydrogens is 209 g/mol. The quantitative estimate of drug-likeness (QED) is 0.501. The number of carbonyl (C=O) groups is 1. The van der Waals surface area contributed by atoms with E-state index >= 15 is 0 Å². The van der Waals surface area contributed by atoms with Crippen LogP contribution in [0.5, 0.6) is 0 Å². The molecule has 0 aromatic rings. The monoisotopic (exact) mass is 220 g/mol. The summed E-state index contributed by atoms with van der Waals surface area (Å²) in [4.78, 5) is 10.7. The van der Waals surface area contributed by atoms with E-state index in [1.54, 1.807) is 6.92 Å². The van der Waals surface area contributed by atoms with Crippen molar-refractivity contribution in [3.63, 3.8) is 0 Å². The van der Waals surface area contributed by atoms with Crippen LogP contribution in [0.25, 0.3) is 0 Å². The molecule has 0 radical (unpaired) electrons. The highest BCUT2D eigenvalue weighted by molar-refractivity contribution is 5.76. The maximum atomic E-state index is 12.0. The summed E-state index contributed by atoms with van der Waals surface area (Å²) in [6, 6.07) is 0. The van der Waals surface area contributed by atoms with E-state index in [9.17, 15) is 18.0 Å². The molecule has 1 saturated carbocycles. The van der Waals surface area contributed by atoms with Crippen LogP contribution in [-0.4, -0.2) is 17.7 Å². The van der Waals surface area contributed by atoms with Crippen molar-refractivity contribution in [3.8, 4) is 0 Å². The zero-order chi connectivity index (χ0) is 11.3. The number of carbonyl (C=O) groups excluding carboxylic acids is 1. The lowest BCUT2D eigenvalue weighted by atomic mass is 9.90. The largest absolute Gasteiger partial charge is 0.490 e. The topological polar surface area (TPSA) is 26.3 Å². The third kappa shape index (κ3) is 1.75. The Hall–Kier alpha value is -1.00. The minimum atomic E-state index is -4.89. The van der Waals surface area contributed by atoms with Crippen molar-refractivity contribution in [2.24, 2.45) is 11.8 Å². The molecule has 15 heavy (non-hydrogen) atoms. The van der Waals surface area contributed by atoms with Gasteiger partial charge in [-0.15, -0.1) is 0 Å².